The van der Waals surface area contributed by atoms with E-state index in [1.54, 1.807) is 0 Å². The molecule has 0 radical (unpaired) electrons. The molecular formula is C48H34N2S. The Morgan fingerprint density at radius 2 is 1.22 bits per heavy atom. The summed E-state index contributed by atoms with van der Waals surface area (Å²) in [5, 5.41) is 6.68. The molecule has 2 aliphatic rings. The van der Waals surface area contributed by atoms with Crippen LogP contribution in [0, 0.1) is 0 Å². The maximum atomic E-state index is 2.56. The predicted octanol–water partition coefficient (Wildman–Crippen LogP) is 13.5. The van der Waals surface area contributed by atoms with Crippen LogP contribution in [0.15, 0.2) is 152 Å². The summed E-state index contributed by atoms with van der Waals surface area (Å²) in [6.45, 7) is 0. The van der Waals surface area contributed by atoms with Crippen molar-refractivity contribution < 1.29 is 0 Å². The van der Waals surface area contributed by atoms with E-state index in [1.165, 1.54) is 97.8 Å². The molecule has 9 aromatic rings. The summed E-state index contributed by atoms with van der Waals surface area (Å²) in [6.07, 6.45) is 13.7. The molecule has 0 saturated heterocycles. The Balaban J connectivity index is 1.02. The van der Waals surface area contributed by atoms with Crippen molar-refractivity contribution in [3.63, 3.8) is 0 Å². The number of hydrogen-bond donors (Lipinski definition) is 0. The fraction of sp³-hybridized carbons (Fsp3) is 0.0833. The first-order valence-electron chi connectivity index (χ1n) is 18.0. The first-order chi connectivity index (χ1) is 25.3. The Hall–Kier alpha value is -5.90. The van der Waals surface area contributed by atoms with E-state index in [1.807, 2.05) is 11.3 Å². The Morgan fingerprint density at radius 1 is 0.471 bits per heavy atom. The van der Waals surface area contributed by atoms with Crippen LogP contribution in [0.3, 0.4) is 0 Å². The second kappa shape index (κ2) is 11.3. The van der Waals surface area contributed by atoms with Gasteiger partial charge in [-0.3, -0.25) is 0 Å². The van der Waals surface area contributed by atoms with Gasteiger partial charge in [-0.1, -0.05) is 91.0 Å². The highest BCUT2D eigenvalue weighted by atomic mass is 32.1. The van der Waals surface area contributed by atoms with Gasteiger partial charge in [-0.25, -0.2) is 0 Å². The molecule has 0 amide bonds. The molecule has 0 N–H and O–H groups in total. The molecule has 0 atom stereocenters. The molecule has 6 aromatic carbocycles. The van der Waals surface area contributed by atoms with Crippen LogP contribution >= 0.6 is 11.3 Å². The zero-order valence-electron chi connectivity index (χ0n) is 28.1. The van der Waals surface area contributed by atoms with Crippen molar-refractivity contribution in [3.05, 3.63) is 169 Å². The van der Waals surface area contributed by atoms with Crippen molar-refractivity contribution in [1.82, 2.24) is 9.13 Å². The van der Waals surface area contributed by atoms with Gasteiger partial charge in [-0.05, 0) is 120 Å². The van der Waals surface area contributed by atoms with E-state index in [0.29, 0.717) is 0 Å². The van der Waals surface area contributed by atoms with Gasteiger partial charge in [0.05, 0.1) is 16.6 Å². The number of nitrogens with zero attached hydrogens (tertiary/aromatic N) is 2. The quantitative estimate of drug-likeness (QED) is 0.176. The Kier molecular flexibility index (Phi) is 6.41. The molecule has 51 heavy (non-hydrogen) atoms. The van der Waals surface area contributed by atoms with E-state index in [9.17, 15) is 0 Å². The number of rotatable bonds is 4. The van der Waals surface area contributed by atoms with Gasteiger partial charge in [-0.15, -0.1) is 11.3 Å². The molecular weight excluding hydrogens is 637 g/mol. The van der Waals surface area contributed by atoms with Gasteiger partial charge in [0.2, 0.25) is 0 Å². The Bertz CT molecular complexity index is 2960. The summed E-state index contributed by atoms with van der Waals surface area (Å²) >= 11 is 1.88. The fourth-order valence-corrected chi connectivity index (χ4v) is 9.80. The minimum atomic E-state index is 0.997. The monoisotopic (exact) mass is 670 g/mol. The number of para-hydroxylation sites is 2. The van der Waals surface area contributed by atoms with Crippen LogP contribution in [-0.4, -0.2) is 9.13 Å². The van der Waals surface area contributed by atoms with E-state index < -0.39 is 0 Å². The smallest absolute Gasteiger partial charge is 0.0541 e. The van der Waals surface area contributed by atoms with E-state index in [4.69, 9.17) is 0 Å². The van der Waals surface area contributed by atoms with Crippen LogP contribution in [-0.2, 0) is 6.42 Å². The first-order valence-corrected chi connectivity index (χ1v) is 18.8. The van der Waals surface area contributed by atoms with E-state index in [0.717, 1.165) is 25.7 Å². The zero-order chi connectivity index (χ0) is 33.5. The van der Waals surface area contributed by atoms with Crippen LogP contribution in [0.2, 0.25) is 0 Å². The number of fused-ring (bicyclic) bond motifs is 9. The Morgan fingerprint density at radius 3 is 2.12 bits per heavy atom. The molecule has 0 unspecified atom stereocenters. The van der Waals surface area contributed by atoms with E-state index >= 15 is 0 Å². The zero-order valence-corrected chi connectivity index (χ0v) is 29.0. The summed E-state index contributed by atoms with van der Waals surface area (Å²) in [6, 6.07) is 49.5. The van der Waals surface area contributed by atoms with E-state index in [-0.39, 0.29) is 0 Å². The minimum Gasteiger partial charge on any atom is -0.313 e. The topological polar surface area (TPSA) is 9.86 Å². The van der Waals surface area contributed by atoms with Crippen molar-refractivity contribution in [2.45, 2.75) is 25.7 Å². The SMILES string of the molecule is C1=Cc2c(c3ccc(-c4ccc5sc6ccccc6c5c4)cc3n2C2=CC=C(c3ccc4c(c3)c3ccccc3n4-c3ccccc3)CC2)CC1. The molecule has 2 aliphatic carbocycles. The predicted molar refractivity (Wildman–Crippen MR) is 220 cm³/mol. The van der Waals surface area contributed by atoms with Crippen molar-refractivity contribution in [2.75, 3.05) is 0 Å². The van der Waals surface area contributed by atoms with Gasteiger partial charge < -0.3 is 9.13 Å². The lowest BCUT2D eigenvalue weighted by atomic mass is 9.94. The second-order valence-electron chi connectivity index (χ2n) is 14.0. The average molecular weight is 671 g/mol. The molecule has 2 nitrogen and oxygen atoms in total. The molecule has 0 aliphatic heterocycles. The minimum absolute atomic E-state index is 0.997. The number of benzene rings is 6. The molecule has 0 spiro atoms. The van der Waals surface area contributed by atoms with Gasteiger partial charge in [0.15, 0.2) is 0 Å². The average Bonchev–Trinajstić information content (AvgIpc) is 3.85. The van der Waals surface area contributed by atoms with Gasteiger partial charge in [0.25, 0.3) is 0 Å². The van der Waals surface area contributed by atoms with Crippen LogP contribution in [0.25, 0.3) is 87.0 Å². The van der Waals surface area contributed by atoms with Crippen molar-refractivity contribution >= 4 is 81.6 Å². The van der Waals surface area contributed by atoms with Crippen molar-refractivity contribution in [2.24, 2.45) is 0 Å². The van der Waals surface area contributed by atoms with Gasteiger partial charge in [0, 0.05) is 53.4 Å². The first kappa shape index (κ1) is 28.9. The number of allylic oxidation sites excluding steroid dienone is 5. The summed E-state index contributed by atoms with van der Waals surface area (Å²) in [7, 11) is 0. The van der Waals surface area contributed by atoms with E-state index in [2.05, 4.69) is 167 Å². The molecule has 3 heterocycles. The largest absolute Gasteiger partial charge is 0.313 e. The molecule has 0 saturated carbocycles. The summed E-state index contributed by atoms with van der Waals surface area (Å²) in [5.41, 5.74) is 14.5. The fourth-order valence-electron chi connectivity index (χ4n) is 8.71. The highest BCUT2D eigenvalue weighted by Gasteiger charge is 2.22. The normalized spacial score (nSPS) is 14.5. The van der Waals surface area contributed by atoms with Crippen LogP contribution in [0.1, 0.15) is 36.1 Å². The Labute approximate surface area is 300 Å². The molecule has 242 valence electrons. The third kappa shape index (κ3) is 4.48. The number of aryl methyl sites for hydroxylation is 1. The third-order valence-corrected chi connectivity index (χ3v) is 12.3. The highest BCUT2D eigenvalue weighted by molar-refractivity contribution is 7.25. The van der Waals surface area contributed by atoms with Crippen molar-refractivity contribution in [1.29, 1.82) is 0 Å². The molecule has 0 bridgehead atoms. The van der Waals surface area contributed by atoms with Crippen molar-refractivity contribution in [3.8, 4) is 16.8 Å². The number of thiophene rings is 1. The van der Waals surface area contributed by atoms with Crippen LogP contribution in [0.4, 0.5) is 0 Å². The van der Waals surface area contributed by atoms with Crippen LogP contribution < -0.4 is 0 Å². The summed E-state index contributed by atoms with van der Waals surface area (Å²) < 4.78 is 7.65. The van der Waals surface area contributed by atoms with Gasteiger partial charge >= 0.3 is 0 Å². The molecule has 11 rings (SSSR count). The maximum absolute atomic E-state index is 2.56. The number of hydrogen-bond acceptors (Lipinski definition) is 1. The lowest BCUT2D eigenvalue weighted by Gasteiger charge is -2.20. The summed E-state index contributed by atoms with van der Waals surface area (Å²) in [4.78, 5) is 0. The maximum Gasteiger partial charge on any atom is 0.0541 e. The molecule has 3 heteroatoms. The second-order valence-corrected chi connectivity index (χ2v) is 15.0. The highest BCUT2D eigenvalue weighted by Crippen LogP contribution is 2.42. The van der Waals surface area contributed by atoms with Gasteiger partial charge in [-0.2, -0.15) is 0 Å². The standard InChI is InChI=1S/C48H34N2S/c1-2-10-35(11-3-1)49-44-16-8-5-13-38(44)41-28-32(21-26-45(41)49)31-18-23-36(24-19-31)50-43-15-7-4-12-37(43)39-25-20-34(30-46(39)50)33-22-27-48-42(29-33)40-14-6-9-17-47(40)51-48/h1-3,5-11,13-18,20-23,25-30H,4,12,19,24H2. The lowest BCUT2D eigenvalue weighted by Crippen LogP contribution is -2.05. The summed E-state index contributed by atoms with van der Waals surface area (Å²) in [5.74, 6) is 0. The third-order valence-electron chi connectivity index (χ3n) is 11.1. The lowest BCUT2D eigenvalue weighted by molar-refractivity contribution is 0.935. The van der Waals surface area contributed by atoms with Crippen LogP contribution in [0.5, 0.6) is 0 Å². The number of aromatic nitrogens is 2. The van der Waals surface area contributed by atoms with Gasteiger partial charge in [0.1, 0.15) is 0 Å². The molecule has 0 fully saturated rings. The molecule has 3 aromatic heterocycles.